The lowest BCUT2D eigenvalue weighted by Crippen LogP contribution is -2.43. The van der Waals surface area contributed by atoms with E-state index in [1.54, 1.807) is 6.07 Å². The third-order valence-corrected chi connectivity index (χ3v) is 4.36. The van der Waals surface area contributed by atoms with Crippen molar-refractivity contribution >= 4 is 17.3 Å². The average Bonchev–Trinajstić information content (AvgIpc) is 2.46. The molecule has 0 heterocycles. The Morgan fingerprint density at radius 3 is 2.84 bits per heavy atom. The first kappa shape index (κ1) is 14.2. The first-order chi connectivity index (χ1) is 9.17. The molecule has 2 unspecified atom stereocenters. The molecule has 3 nitrogen and oxygen atoms in total. The number of hydrogen-bond acceptors (Lipinski definition) is 3. The second kappa shape index (κ2) is 6.27. The fourth-order valence-corrected chi connectivity index (χ4v) is 3.23. The lowest BCUT2D eigenvalue weighted by atomic mass is 9.83. The van der Waals surface area contributed by atoms with Gasteiger partial charge >= 0.3 is 0 Å². The Labute approximate surface area is 120 Å². The van der Waals surface area contributed by atoms with Gasteiger partial charge in [-0.1, -0.05) is 24.4 Å². The van der Waals surface area contributed by atoms with E-state index < -0.39 is 0 Å². The smallest absolute Gasteiger partial charge is 0.101 e. The summed E-state index contributed by atoms with van der Waals surface area (Å²) in [4.78, 5) is 2.21. The number of nitriles is 1. The van der Waals surface area contributed by atoms with Crippen LogP contribution in [0.4, 0.5) is 5.69 Å². The Balaban J connectivity index is 2.28. The molecule has 0 aliphatic heterocycles. The van der Waals surface area contributed by atoms with Gasteiger partial charge in [0.2, 0.25) is 0 Å². The van der Waals surface area contributed by atoms with Crippen molar-refractivity contribution in [3.8, 4) is 6.07 Å². The van der Waals surface area contributed by atoms with Gasteiger partial charge in [-0.2, -0.15) is 5.26 Å². The van der Waals surface area contributed by atoms with Crippen LogP contribution in [0.5, 0.6) is 0 Å². The van der Waals surface area contributed by atoms with Crippen LogP contribution in [-0.4, -0.2) is 19.6 Å². The maximum absolute atomic E-state index is 9.25. The number of halogens is 1. The lowest BCUT2D eigenvalue weighted by Gasteiger charge is -2.39. The topological polar surface area (TPSA) is 53.0 Å². The summed E-state index contributed by atoms with van der Waals surface area (Å²) in [5.74, 6) is 0.515. The molecule has 1 aromatic carbocycles. The molecule has 0 radical (unpaired) electrons. The van der Waals surface area contributed by atoms with Crippen molar-refractivity contribution in [2.75, 3.05) is 18.5 Å². The summed E-state index contributed by atoms with van der Waals surface area (Å²) in [6, 6.07) is 8.16. The second-order valence-corrected chi connectivity index (χ2v) is 5.67. The van der Waals surface area contributed by atoms with E-state index in [0.29, 0.717) is 29.1 Å². The van der Waals surface area contributed by atoms with Crippen LogP contribution in [0.15, 0.2) is 18.2 Å². The van der Waals surface area contributed by atoms with Gasteiger partial charge in [-0.05, 0) is 43.5 Å². The first-order valence-electron chi connectivity index (χ1n) is 6.80. The predicted molar refractivity (Wildman–Crippen MR) is 79.4 cm³/mol. The summed E-state index contributed by atoms with van der Waals surface area (Å²) in [7, 11) is 2.06. The molecule has 2 atom stereocenters. The number of hydrogen-bond donors (Lipinski definition) is 1. The third-order valence-electron chi connectivity index (χ3n) is 4.13. The summed E-state index contributed by atoms with van der Waals surface area (Å²) in [5, 5.41) is 9.86. The van der Waals surface area contributed by atoms with Gasteiger partial charge in [0.25, 0.3) is 0 Å². The van der Waals surface area contributed by atoms with E-state index in [1.807, 2.05) is 12.1 Å². The first-order valence-corrected chi connectivity index (χ1v) is 7.17. The van der Waals surface area contributed by atoms with Gasteiger partial charge in [0.05, 0.1) is 11.3 Å². The van der Waals surface area contributed by atoms with Crippen molar-refractivity contribution in [1.82, 2.24) is 0 Å². The average molecular weight is 278 g/mol. The van der Waals surface area contributed by atoms with Crippen molar-refractivity contribution in [2.24, 2.45) is 11.7 Å². The van der Waals surface area contributed by atoms with Gasteiger partial charge in [0.15, 0.2) is 0 Å². The predicted octanol–water partition coefficient (Wildman–Crippen LogP) is 3.17. The molecule has 0 saturated heterocycles. The lowest BCUT2D eigenvalue weighted by molar-refractivity contribution is 0.306. The zero-order chi connectivity index (χ0) is 13.8. The summed E-state index contributed by atoms with van der Waals surface area (Å²) in [6.07, 6.45) is 4.83. The standard InChI is InChI=1S/C15H20ClN3/c1-19(14-5-3-2-4-11(14)9-17)15-7-6-13(16)8-12(15)10-18/h6-8,11,14H,2-5,9,17H2,1H3. The van der Waals surface area contributed by atoms with Gasteiger partial charge in [0.1, 0.15) is 6.07 Å². The van der Waals surface area contributed by atoms with Crippen LogP contribution in [0, 0.1) is 17.2 Å². The Bertz CT molecular complexity index is 481. The minimum absolute atomic E-state index is 0.423. The fraction of sp³-hybridized carbons (Fsp3) is 0.533. The Morgan fingerprint density at radius 2 is 2.16 bits per heavy atom. The van der Waals surface area contributed by atoms with E-state index in [-0.39, 0.29) is 0 Å². The molecule has 0 amide bonds. The quantitative estimate of drug-likeness (QED) is 0.923. The molecule has 1 aliphatic carbocycles. The van der Waals surface area contributed by atoms with Crippen LogP contribution in [0.25, 0.3) is 0 Å². The maximum atomic E-state index is 9.25. The largest absolute Gasteiger partial charge is 0.370 e. The highest BCUT2D eigenvalue weighted by atomic mass is 35.5. The minimum Gasteiger partial charge on any atom is -0.370 e. The van der Waals surface area contributed by atoms with Gasteiger partial charge in [0, 0.05) is 18.1 Å². The molecule has 102 valence electrons. The van der Waals surface area contributed by atoms with Gasteiger partial charge in [-0.15, -0.1) is 0 Å². The molecule has 0 bridgehead atoms. The monoisotopic (exact) mass is 277 g/mol. The molecule has 0 spiro atoms. The molecule has 1 saturated carbocycles. The molecule has 1 aromatic rings. The molecule has 0 aromatic heterocycles. The second-order valence-electron chi connectivity index (χ2n) is 5.23. The van der Waals surface area contributed by atoms with E-state index in [9.17, 15) is 5.26 Å². The van der Waals surface area contributed by atoms with Crippen LogP contribution in [0.1, 0.15) is 31.2 Å². The highest BCUT2D eigenvalue weighted by Gasteiger charge is 2.28. The van der Waals surface area contributed by atoms with E-state index in [4.69, 9.17) is 17.3 Å². The van der Waals surface area contributed by atoms with Crippen molar-refractivity contribution < 1.29 is 0 Å². The van der Waals surface area contributed by atoms with Gasteiger partial charge < -0.3 is 10.6 Å². The zero-order valence-electron chi connectivity index (χ0n) is 11.3. The van der Waals surface area contributed by atoms with Crippen LogP contribution in [0.2, 0.25) is 5.02 Å². The van der Waals surface area contributed by atoms with Crippen molar-refractivity contribution in [2.45, 2.75) is 31.7 Å². The summed E-state index contributed by atoms with van der Waals surface area (Å²) < 4.78 is 0. The summed E-state index contributed by atoms with van der Waals surface area (Å²) in [6.45, 7) is 0.713. The summed E-state index contributed by atoms with van der Waals surface area (Å²) in [5.41, 5.74) is 7.48. The van der Waals surface area contributed by atoms with Crippen molar-refractivity contribution in [3.05, 3.63) is 28.8 Å². The Morgan fingerprint density at radius 1 is 1.42 bits per heavy atom. The highest BCUT2D eigenvalue weighted by molar-refractivity contribution is 6.30. The maximum Gasteiger partial charge on any atom is 0.101 e. The number of rotatable bonds is 3. The molecule has 4 heteroatoms. The van der Waals surface area contributed by atoms with Crippen LogP contribution < -0.4 is 10.6 Å². The molecule has 1 fully saturated rings. The number of nitrogens with zero attached hydrogens (tertiary/aromatic N) is 2. The van der Waals surface area contributed by atoms with E-state index in [1.165, 1.54) is 19.3 Å². The molecule has 1 aliphatic rings. The zero-order valence-corrected chi connectivity index (χ0v) is 12.0. The number of benzene rings is 1. The van der Waals surface area contributed by atoms with Crippen LogP contribution in [0.3, 0.4) is 0 Å². The van der Waals surface area contributed by atoms with E-state index >= 15 is 0 Å². The molecule has 2 rings (SSSR count). The fourth-order valence-electron chi connectivity index (χ4n) is 3.06. The van der Waals surface area contributed by atoms with Crippen LogP contribution >= 0.6 is 11.6 Å². The molecule has 19 heavy (non-hydrogen) atoms. The minimum atomic E-state index is 0.423. The summed E-state index contributed by atoms with van der Waals surface area (Å²) >= 11 is 5.95. The normalized spacial score (nSPS) is 22.8. The highest BCUT2D eigenvalue weighted by Crippen LogP contribution is 2.32. The van der Waals surface area contributed by atoms with Crippen molar-refractivity contribution in [3.63, 3.8) is 0 Å². The van der Waals surface area contributed by atoms with Gasteiger partial charge in [-0.25, -0.2) is 0 Å². The number of anilines is 1. The van der Waals surface area contributed by atoms with Crippen molar-refractivity contribution in [1.29, 1.82) is 5.26 Å². The van der Waals surface area contributed by atoms with Crippen LogP contribution in [-0.2, 0) is 0 Å². The third kappa shape index (κ3) is 3.02. The van der Waals surface area contributed by atoms with E-state index in [0.717, 1.165) is 12.1 Å². The number of nitrogens with two attached hydrogens (primary N) is 1. The van der Waals surface area contributed by atoms with Gasteiger partial charge in [-0.3, -0.25) is 0 Å². The SMILES string of the molecule is CN(c1ccc(Cl)cc1C#N)C1CCCCC1CN. The van der Waals surface area contributed by atoms with E-state index in [2.05, 4.69) is 18.0 Å². The molecular weight excluding hydrogens is 258 g/mol. The Kier molecular flexibility index (Phi) is 4.68. The molecular formula is C15H20ClN3. The molecule has 2 N–H and O–H groups in total. The Hall–Kier alpha value is -1.24.